The molecule has 7 heteroatoms. The molecule has 7 nitrogen and oxygen atoms in total. The Morgan fingerprint density at radius 3 is 2.36 bits per heavy atom. The van der Waals surface area contributed by atoms with Crippen molar-refractivity contribution in [3.05, 3.63) is 0 Å². The van der Waals surface area contributed by atoms with Gasteiger partial charge >= 0.3 is 0 Å². The lowest BCUT2D eigenvalue weighted by atomic mass is 9.98. The Kier molecular flexibility index (Phi) is 7.50. The van der Waals surface area contributed by atoms with Crippen LogP contribution in [0, 0.1) is 0 Å². The van der Waals surface area contributed by atoms with Crippen LogP contribution in [0.4, 0.5) is 0 Å². The first-order valence-corrected chi connectivity index (χ1v) is 9.69. The summed E-state index contributed by atoms with van der Waals surface area (Å²) in [6.45, 7) is 10.8. The summed E-state index contributed by atoms with van der Waals surface area (Å²) in [6.07, 6.45) is 2.96. The van der Waals surface area contributed by atoms with Crippen LogP contribution in [0.2, 0.25) is 0 Å². The maximum atomic E-state index is 12.4. The monoisotopic (exact) mass is 354 g/mol. The second-order valence-electron chi connectivity index (χ2n) is 6.92. The summed E-state index contributed by atoms with van der Waals surface area (Å²) in [4.78, 5) is 21.2. The smallest absolute Gasteiger partial charge is 0.251 e. The fourth-order valence-corrected chi connectivity index (χ4v) is 3.24. The fraction of sp³-hybridized carbons (Fsp3) is 0.889. The highest BCUT2D eigenvalue weighted by atomic mass is 16.5. The summed E-state index contributed by atoms with van der Waals surface area (Å²) >= 11 is 0. The van der Waals surface area contributed by atoms with Gasteiger partial charge in [0.05, 0.1) is 12.1 Å². The summed E-state index contributed by atoms with van der Waals surface area (Å²) in [6, 6.07) is 0. The molecule has 0 bridgehead atoms. The molecule has 2 aliphatic rings. The number of nitrogens with one attached hydrogen (secondary N) is 1. The van der Waals surface area contributed by atoms with E-state index < -0.39 is 5.60 Å². The first-order chi connectivity index (χ1) is 12.0. The molecule has 0 aromatic heterocycles. The Balaban J connectivity index is 1.91. The largest absolute Gasteiger partial charge is 0.388 e. The number of ether oxygens (including phenoxy) is 1. The van der Waals surface area contributed by atoms with Crippen molar-refractivity contribution >= 4 is 11.9 Å². The van der Waals surface area contributed by atoms with Gasteiger partial charge in [0.25, 0.3) is 5.91 Å². The molecular weight excluding hydrogens is 320 g/mol. The molecule has 0 aliphatic carbocycles. The van der Waals surface area contributed by atoms with Crippen molar-refractivity contribution in [2.45, 2.75) is 58.2 Å². The predicted octanol–water partition coefficient (Wildman–Crippen LogP) is 0.826. The van der Waals surface area contributed by atoms with Crippen LogP contribution in [0.5, 0.6) is 0 Å². The third kappa shape index (κ3) is 5.31. The van der Waals surface area contributed by atoms with Crippen molar-refractivity contribution in [3.8, 4) is 0 Å². The van der Waals surface area contributed by atoms with E-state index in [9.17, 15) is 9.90 Å². The average molecular weight is 354 g/mol. The molecule has 0 spiro atoms. The molecular formula is C18H34N4O3. The highest BCUT2D eigenvalue weighted by Crippen LogP contribution is 2.17. The van der Waals surface area contributed by atoms with Crippen LogP contribution < -0.4 is 5.32 Å². The van der Waals surface area contributed by atoms with Crippen LogP contribution in [0.3, 0.4) is 0 Å². The molecule has 2 N–H and O–H groups in total. The minimum Gasteiger partial charge on any atom is -0.388 e. The number of amides is 1. The quantitative estimate of drug-likeness (QED) is 0.546. The highest BCUT2D eigenvalue weighted by molar-refractivity contribution is 5.82. The number of hydrogen-bond acceptors (Lipinski definition) is 4. The predicted molar refractivity (Wildman–Crippen MR) is 98.6 cm³/mol. The maximum absolute atomic E-state index is 12.4. The molecule has 1 unspecified atom stereocenters. The van der Waals surface area contributed by atoms with Crippen molar-refractivity contribution in [2.75, 3.05) is 45.9 Å². The Hall–Kier alpha value is -1.34. The Morgan fingerprint density at radius 1 is 1.20 bits per heavy atom. The number of piperazine rings is 1. The van der Waals surface area contributed by atoms with E-state index in [1.165, 1.54) is 0 Å². The van der Waals surface area contributed by atoms with Gasteiger partial charge in [0.15, 0.2) is 5.96 Å². The third-order valence-electron chi connectivity index (χ3n) is 5.27. The topological polar surface area (TPSA) is 77.4 Å². The number of carbonyl (C=O) groups is 1. The van der Waals surface area contributed by atoms with E-state index in [0.717, 1.165) is 38.4 Å². The maximum Gasteiger partial charge on any atom is 0.251 e. The number of hydrogen-bond donors (Lipinski definition) is 2. The van der Waals surface area contributed by atoms with E-state index in [1.54, 1.807) is 0 Å². The molecule has 2 aliphatic heterocycles. The van der Waals surface area contributed by atoms with E-state index in [-0.39, 0.29) is 12.0 Å². The van der Waals surface area contributed by atoms with Gasteiger partial charge in [-0.1, -0.05) is 13.8 Å². The van der Waals surface area contributed by atoms with Crippen LogP contribution in [0.25, 0.3) is 0 Å². The number of nitrogens with zero attached hydrogens (tertiary/aromatic N) is 3. The Morgan fingerprint density at radius 2 is 1.84 bits per heavy atom. The summed E-state index contributed by atoms with van der Waals surface area (Å²) in [5.41, 5.74) is -0.738. The van der Waals surface area contributed by atoms with Crippen LogP contribution in [0.15, 0.2) is 4.99 Å². The van der Waals surface area contributed by atoms with Gasteiger partial charge in [-0.3, -0.25) is 9.79 Å². The van der Waals surface area contributed by atoms with E-state index in [0.29, 0.717) is 39.1 Å². The number of guanidine groups is 1. The number of rotatable bonds is 6. The van der Waals surface area contributed by atoms with E-state index in [4.69, 9.17) is 4.74 Å². The van der Waals surface area contributed by atoms with Crippen molar-refractivity contribution < 1.29 is 14.6 Å². The first kappa shape index (κ1) is 20.0. The highest BCUT2D eigenvalue weighted by Gasteiger charge is 2.31. The molecule has 2 heterocycles. The molecule has 25 heavy (non-hydrogen) atoms. The normalized spacial score (nSPS) is 22.4. The van der Waals surface area contributed by atoms with Gasteiger partial charge in [0.2, 0.25) is 0 Å². The summed E-state index contributed by atoms with van der Waals surface area (Å²) in [7, 11) is 0. The van der Waals surface area contributed by atoms with Crippen molar-refractivity contribution in [1.82, 2.24) is 15.1 Å². The van der Waals surface area contributed by atoms with Gasteiger partial charge in [0, 0.05) is 39.3 Å². The lowest BCUT2D eigenvalue weighted by molar-refractivity contribution is -0.142. The second kappa shape index (κ2) is 9.38. The summed E-state index contributed by atoms with van der Waals surface area (Å²) in [5.74, 6) is 0.956. The van der Waals surface area contributed by atoms with Crippen LogP contribution >= 0.6 is 0 Å². The summed E-state index contributed by atoms with van der Waals surface area (Å²) < 4.78 is 5.51. The molecule has 0 radical (unpaired) electrons. The van der Waals surface area contributed by atoms with Gasteiger partial charge in [-0.2, -0.15) is 0 Å². The van der Waals surface area contributed by atoms with E-state index in [2.05, 4.69) is 15.2 Å². The molecule has 1 amide bonds. The van der Waals surface area contributed by atoms with Gasteiger partial charge in [-0.25, -0.2) is 0 Å². The lowest BCUT2D eigenvalue weighted by Gasteiger charge is -2.37. The molecule has 0 aromatic carbocycles. The van der Waals surface area contributed by atoms with Crippen LogP contribution in [0.1, 0.15) is 46.5 Å². The first-order valence-electron chi connectivity index (χ1n) is 9.69. The molecule has 2 saturated heterocycles. The van der Waals surface area contributed by atoms with Crippen molar-refractivity contribution in [1.29, 1.82) is 0 Å². The zero-order valence-corrected chi connectivity index (χ0v) is 16.0. The zero-order chi connectivity index (χ0) is 18.3. The van der Waals surface area contributed by atoms with E-state index >= 15 is 0 Å². The number of carbonyl (C=O) groups excluding carboxylic acids is 1. The molecule has 1 atom stereocenters. The van der Waals surface area contributed by atoms with Gasteiger partial charge < -0.3 is 25.0 Å². The van der Waals surface area contributed by atoms with Crippen LogP contribution in [-0.2, 0) is 9.53 Å². The molecule has 2 fully saturated rings. The van der Waals surface area contributed by atoms with Gasteiger partial charge in [-0.05, 0) is 32.6 Å². The second-order valence-corrected chi connectivity index (χ2v) is 6.92. The summed E-state index contributed by atoms with van der Waals surface area (Å²) in [5, 5.41) is 13.8. The molecule has 0 aromatic rings. The minimum atomic E-state index is -0.738. The zero-order valence-electron chi connectivity index (χ0n) is 16.0. The van der Waals surface area contributed by atoms with Crippen molar-refractivity contribution in [2.24, 2.45) is 4.99 Å². The standard InChI is InChI=1S/C18H34N4O3/c1-4-18(24,5-2)14-20-17(19-6-3)22-11-9-21(10-12-22)16(23)15-8-7-13-25-15/h15,24H,4-14H2,1-3H3,(H,19,20). The minimum absolute atomic E-state index is 0.130. The average Bonchev–Trinajstić information content (AvgIpc) is 3.19. The lowest BCUT2D eigenvalue weighted by Crippen LogP contribution is -2.55. The Bertz CT molecular complexity index is 451. The van der Waals surface area contributed by atoms with Gasteiger partial charge in [0.1, 0.15) is 6.10 Å². The van der Waals surface area contributed by atoms with E-state index in [1.807, 2.05) is 25.7 Å². The Labute approximate surface area is 151 Å². The van der Waals surface area contributed by atoms with Crippen LogP contribution in [-0.4, -0.2) is 84.4 Å². The number of aliphatic imine (C=N–C) groups is 1. The number of aliphatic hydroxyl groups is 1. The fourth-order valence-electron chi connectivity index (χ4n) is 3.24. The third-order valence-corrected chi connectivity index (χ3v) is 5.27. The molecule has 2 rings (SSSR count). The molecule has 144 valence electrons. The molecule has 0 saturated carbocycles. The SMILES string of the molecule is CCNC(=NCC(O)(CC)CC)N1CCN(C(=O)C2CCCO2)CC1. The van der Waals surface area contributed by atoms with Crippen molar-refractivity contribution in [3.63, 3.8) is 0 Å². The van der Waals surface area contributed by atoms with Gasteiger partial charge in [-0.15, -0.1) is 0 Å².